The second-order valence-corrected chi connectivity index (χ2v) is 12.7. The molecule has 1 aromatic rings. The first-order valence-electron chi connectivity index (χ1n) is 13.7. The summed E-state index contributed by atoms with van der Waals surface area (Å²) in [7, 11) is 0. The first-order valence-corrected chi connectivity index (χ1v) is 13.7. The summed E-state index contributed by atoms with van der Waals surface area (Å²) in [6, 6.07) is 9.88. The second-order valence-electron chi connectivity index (χ2n) is 12.7. The van der Waals surface area contributed by atoms with E-state index in [4.69, 9.17) is 14.2 Å². The molecule has 220 valence electrons. The topological polar surface area (TPSA) is 91.9 Å². The van der Waals surface area contributed by atoms with Crippen molar-refractivity contribution in [3.63, 3.8) is 0 Å². The molecule has 0 saturated carbocycles. The zero-order chi connectivity index (χ0) is 29.4. The predicted octanol–water partition coefficient (Wildman–Crippen LogP) is 5.22. The number of anilines is 1. The predicted molar refractivity (Wildman–Crippen MR) is 152 cm³/mol. The van der Waals surface area contributed by atoms with E-state index in [1.54, 1.807) is 30.6 Å². The van der Waals surface area contributed by atoms with Gasteiger partial charge < -0.3 is 33.8 Å². The van der Waals surface area contributed by atoms with Crippen molar-refractivity contribution in [3.05, 3.63) is 30.3 Å². The highest BCUT2D eigenvalue weighted by Gasteiger charge is 2.29. The van der Waals surface area contributed by atoms with Crippen LogP contribution in [0, 0.1) is 0 Å². The van der Waals surface area contributed by atoms with E-state index in [0.717, 1.165) is 5.69 Å². The van der Waals surface area contributed by atoms with Crippen LogP contribution >= 0.6 is 0 Å². The molecule has 1 saturated heterocycles. The van der Waals surface area contributed by atoms with Gasteiger partial charge in [-0.1, -0.05) is 18.2 Å². The molecule has 1 aliphatic heterocycles. The maximum Gasteiger partial charge on any atom is 0.410 e. The second kappa shape index (κ2) is 13.3. The molecule has 2 rings (SSSR count). The van der Waals surface area contributed by atoms with Gasteiger partial charge in [-0.3, -0.25) is 0 Å². The van der Waals surface area contributed by atoms with Crippen molar-refractivity contribution in [2.45, 2.75) is 79.1 Å². The lowest BCUT2D eigenvalue weighted by Gasteiger charge is -2.36. The average molecular weight is 549 g/mol. The molecule has 0 bridgehead atoms. The van der Waals surface area contributed by atoms with Gasteiger partial charge in [0, 0.05) is 58.0 Å². The van der Waals surface area contributed by atoms with Gasteiger partial charge in [-0.05, 0) is 74.4 Å². The molecular formula is C29H48N4O6. The van der Waals surface area contributed by atoms with Crippen LogP contribution in [-0.2, 0) is 14.2 Å². The molecule has 0 N–H and O–H groups in total. The number of benzene rings is 1. The molecule has 0 spiro atoms. The Hall–Kier alpha value is -3.17. The Labute approximate surface area is 234 Å². The van der Waals surface area contributed by atoms with Crippen LogP contribution in [0.25, 0.3) is 0 Å². The number of carbonyl (C=O) groups is 3. The van der Waals surface area contributed by atoms with Crippen LogP contribution in [0.2, 0.25) is 0 Å². The molecule has 1 aromatic carbocycles. The zero-order valence-electron chi connectivity index (χ0n) is 25.3. The first-order chi connectivity index (χ1) is 17.9. The maximum atomic E-state index is 13.1. The third kappa shape index (κ3) is 12.0. The molecule has 0 unspecified atom stereocenters. The molecule has 39 heavy (non-hydrogen) atoms. The van der Waals surface area contributed by atoms with Crippen LogP contribution in [0.15, 0.2) is 30.3 Å². The summed E-state index contributed by atoms with van der Waals surface area (Å²) in [4.78, 5) is 46.3. The summed E-state index contributed by atoms with van der Waals surface area (Å²) >= 11 is 0. The highest BCUT2D eigenvalue weighted by Crippen LogP contribution is 2.17. The largest absolute Gasteiger partial charge is 0.444 e. The van der Waals surface area contributed by atoms with Crippen LogP contribution < -0.4 is 4.90 Å². The van der Waals surface area contributed by atoms with Crippen LogP contribution in [0.4, 0.5) is 20.1 Å². The molecule has 1 heterocycles. The van der Waals surface area contributed by atoms with Gasteiger partial charge in [0.1, 0.15) is 16.8 Å². The Balaban J connectivity index is 2.37. The number of hydrogen-bond acceptors (Lipinski definition) is 7. The van der Waals surface area contributed by atoms with Crippen molar-refractivity contribution >= 4 is 24.0 Å². The molecule has 0 aromatic heterocycles. The van der Waals surface area contributed by atoms with Crippen molar-refractivity contribution in [3.8, 4) is 0 Å². The summed E-state index contributed by atoms with van der Waals surface area (Å²) < 4.78 is 17.0. The molecule has 0 radical (unpaired) electrons. The number of ether oxygens (including phenoxy) is 3. The van der Waals surface area contributed by atoms with Crippen molar-refractivity contribution in [2.24, 2.45) is 0 Å². The van der Waals surface area contributed by atoms with E-state index < -0.39 is 35.1 Å². The lowest BCUT2D eigenvalue weighted by Crippen LogP contribution is -2.51. The van der Waals surface area contributed by atoms with Gasteiger partial charge in [-0.25, -0.2) is 14.4 Å². The van der Waals surface area contributed by atoms with Crippen molar-refractivity contribution in [2.75, 3.05) is 57.3 Å². The quantitative estimate of drug-likeness (QED) is 0.445. The summed E-state index contributed by atoms with van der Waals surface area (Å²) in [5.74, 6) is 0. The minimum Gasteiger partial charge on any atom is -0.444 e. The van der Waals surface area contributed by atoms with Gasteiger partial charge >= 0.3 is 18.3 Å². The van der Waals surface area contributed by atoms with Crippen molar-refractivity contribution in [1.82, 2.24) is 14.7 Å². The minimum absolute atomic E-state index is 0.224. The monoisotopic (exact) mass is 548 g/mol. The molecule has 10 nitrogen and oxygen atoms in total. The van der Waals surface area contributed by atoms with Gasteiger partial charge in [-0.15, -0.1) is 0 Å². The molecule has 10 heteroatoms. The number of para-hydroxylation sites is 1. The molecule has 0 atom stereocenters. The van der Waals surface area contributed by atoms with Gasteiger partial charge in [0.15, 0.2) is 0 Å². The van der Waals surface area contributed by atoms with E-state index in [1.165, 1.54) is 4.90 Å². The van der Waals surface area contributed by atoms with E-state index in [2.05, 4.69) is 4.90 Å². The highest BCUT2D eigenvalue weighted by atomic mass is 16.6. The number of carbonyl (C=O) groups excluding carboxylic acids is 3. The fourth-order valence-corrected chi connectivity index (χ4v) is 3.84. The highest BCUT2D eigenvalue weighted by molar-refractivity contribution is 5.70. The Bertz CT molecular complexity index is 905. The Morgan fingerprint density at radius 2 is 0.795 bits per heavy atom. The van der Waals surface area contributed by atoms with E-state index in [9.17, 15) is 14.4 Å². The van der Waals surface area contributed by atoms with Gasteiger partial charge in [0.25, 0.3) is 0 Å². The summed E-state index contributed by atoms with van der Waals surface area (Å²) in [5.41, 5.74) is -1.01. The summed E-state index contributed by atoms with van der Waals surface area (Å²) in [5, 5.41) is 0. The fourth-order valence-electron chi connectivity index (χ4n) is 3.84. The van der Waals surface area contributed by atoms with E-state index in [-0.39, 0.29) is 26.2 Å². The number of rotatable bonds is 1. The third-order valence-corrected chi connectivity index (χ3v) is 5.64. The number of nitrogens with zero attached hydrogens (tertiary/aromatic N) is 4. The summed E-state index contributed by atoms with van der Waals surface area (Å²) in [6.45, 7) is 19.1. The van der Waals surface area contributed by atoms with E-state index >= 15 is 0 Å². The van der Waals surface area contributed by atoms with Gasteiger partial charge in [0.05, 0.1) is 0 Å². The average Bonchev–Trinajstić information content (AvgIpc) is 2.76. The molecule has 3 amide bonds. The minimum atomic E-state index is -0.688. The fraction of sp³-hybridized carbons (Fsp3) is 0.690. The Morgan fingerprint density at radius 3 is 1.08 bits per heavy atom. The summed E-state index contributed by atoms with van der Waals surface area (Å²) in [6.07, 6.45) is -1.38. The molecular weight excluding hydrogens is 500 g/mol. The first kappa shape index (κ1) is 32.0. The van der Waals surface area contributed by atoms with E-state index in [0.29, 0.717) is 26.2 Å². The van der Waals surface area contributed by atoms with Crippen LogP contribution in [0.1, 0.15) is 62.3 Å². The van der Waals surface area contributed by atoms with E-state index in [1.807, 2.05) is 71.9 Å². The number of amides is 3. The van der Waals surface area contributed by atoms with Crippen LogP contribution in [0.5, 0.6) is 0 Å². The molecule has 1 fully saturated rings. The van der Waals surface area contributed by atoms with Gasteiger partial charge in [-0.2, -0.15) is 0 Å². The normalized spacial score (nSPS) is 16.6. The van der Waals surface area contributed by atoms with Crippen LogP contribution in [0.3, 0.4) is 0 Å². The SMILES string of the molecule is CC(C)(C)OC(=O)N1CCN(C(=O)OC(C)(C)C)CCN(c2ccccc2)CCN(C(=O)OC(C)(C)C)CC1. The van der Waals surface area contributed by atoms with Crippen molar-refractivity contribution in [1.29, 1.82) is 0 Å². The lowest BCUT2D eigenvalue weighted by molar-refractivity contribution is 0.00807. The smallest absolute Gasteiger partial charge is 0.410 e. The van der Waals surface area contributed by atoms with Crippen LogP contribution in [-0.4, -0.2) is 102 Å². The lowest BCUT2D eigenvalue weighted by atomic mass is 10.2. The van der Waals surface area contributed by atoms with Gasteiger partial charge in [0.2, 0.25) is 0 Å². The molecule has 0 aliphatic carbocycles. The zero-order valence-corrected chi connectivity index (χ0v) is 25.3. The third-order valence-electron chi connectivity index (χ3n) is 5.64. The maximum absolute atomic E-state index is 13.1. The molecule has 1 aliphatic rings. The Morgan fingerprint density at radius 1 is 0.513 bits per heavy atom. The van der Waals surface area contributed by atoms with Crippen molar-refractivity contribution < 1.29 is 28.6 Å². The number of hydrogen-bond donors (Lipinski definition) is 0. The standard InChI is InChI=1S/C29H48N4O6/c1-27(2,3)37-24(34)31-17-15-30(23-13-11-10-12-14-23)16-18-32(25(35)38-28(4,5)6)20-22-33(21-19-31)26(36)39-29(7,8)9/h10-14H,15-22H2,1-9H3. The Kier molecular flexibility index (Phi) is 10.9.